The van der Waals surface area contributed by atoms with E-state index >= 15 is 0 Å². The standard InChI is InChI=1S/C8H5NO2/c9-6-8(11-10)7-4-2-1-3-5-7/h1-5H. The Labute approximate surface area is 63.8 Å². The van der Waals surface area contributed by atoms with Crippen molar-refractivity contribution in [2.24, 2.45) is 0 Å². The molecule has 1 rings (SSSR count). The van der Waals surface area contributed by atoms with Crippen LogP contribution in [0.5, 0.6) is 0 Å². The predicted octanol–water partition coefficient (Wildman–Crippen LogP) is 0.204. The number of rotatable bonds is 1. The third-order valence-electron chi connectivity index (χ3n) is 1.22. The maximum Gasteiger partial charge on any atom is 0.459 e. The first-order valence-corrected chi connectivity index (χ1v) is 3.01. The number of ketones is 1. The van der Waals surface area contributed by atoms with Crippen LogP contribution >= 0.6 is 0 Å². The van der Waals surface area contributed by atoms with E-state index in [0.717, 1.165) is 0 Å². The molecule has 0 spiro atoms. The molecule has 3 heteroatoms. The third-order valence-corrected chi connectivity index (χ3v) is 1.22. The lowest BCUT2D eigenvalue weighted by molar-refractivity contribution is -0.937. The molecule has 0 amide bonds. The Balaban J connectivity index is 3.05. The Bertz CT molecular complexity index is 298. The SMILES string of the molecule is N#CC(=[O+][O-])c1ccccc1. The van der Waals surface area contributed by atoms with Crippen LogP contribution in [0, 0.1) is 11.3 Å². The fourth-order valence-corrected chi connectivity index (χ4v) is 0.721. The summed E-state index contributed by atoms with van der Waals surface area (Å²) in [5.41, 5.74) is 0.505. The van der Waals surface area contributed by atoms with Gasteiger partial charge in [0.05, 0.1) is 5.56 Å². The molecule has 0 saturated carbocycles. The number of nitrogens with zero attached hydrogens (tertiary/aromatic N) is 1. The highest BCUT2D eigenvalue weighted by molar-refractivity contribution is 6.07. The van der Waals surface area contributed by atoms with Gasteiger partial charge in [-0.2, -0.15) is 9.84 Å². The summed E-state index contributed by atoms with van der Waals surface area (Å²) in [4.78, 5) is 0. The lowest BCUT2D eigenvalue weighted by Crippen LogP contribution is -2.03. The third kappa shape index (κ3) is 1.55. The second kappa shape index (κ2) is 3.37. The second-order valence-electron chi connectivity index (χ2n) is 1.89. The van der Waals surface area contributed by atoms with Crippen LogP contribution in [-0.4, -0.2) is 5.78 Å². The van der Waals surface area contributed by atoms with Crippen molar-refractivity contribution >= 4 is 5.78 Å². The molecule has 0 fully saturated rings. The molecule has 0 unspecified atom stereocenters. The zero-order valence-electron chi connectivity index (χ0n) is 5.65. The van der Waals surface area contributed by atoms with Crippen LogP contribution in [0.2, 0.25) is 0 Å². The van der Waals surface area contributed by atoms with Crippen molar-refractivity contribution in [3.8, 4) is 6.07 Å². The Morgan fingerprint density at radius 1 is 1.36 bits per heavy atom. The van der Waals surface area contributed by atoms with Gasteiger partial charge in [0.25, 0.3) is 0 Å². The molecular weight excluding hydrogens is 142 g/mol. The summed E-state index contributed by atoms with van der Waals surface area (Å²) in [6.45, 7) is 0. The monoisotopic (exact) mass is 147 g/mol. The average molecular weight is 147 g/mol. The van der Waals surface area contributed by atoms with Gasteiger partial charge >= 0.3 is 5.78 Å². The quantitative estimate of drug-likeness (QED) is 0.187. The molecule has 1 aromatic rings. The molecule has 0 bridgehead atoms. The van der Waals surface area contributed by atoms with E-state index in [1.165, 1.54) is 0 Å². The zero-order valence-corrected chi connectivity index (χ0v) is 5.65. The minimum atomic E-state index is -0.203. The summed E-state index contributed by atoms with van der Waals surface area (Å²) in [6, 6.07) is 10.2. The number of benzene rings is 1. The van der Waals surface area contributed by atoms with Crippen molar-refractivity contribution in [2.75, 3.05) is 0 Å². The van der Waals surface area contributed by atoms with Crippen molar-refractivity contribution in [2.45, 2.75) is 0 Å². The van der Waals surface area contributed by atoms with E-state index < -0.39 is 0 Å². The molecule has 1 aromatic carbocycles. The Hall–Kier alpha value is -1.82. The predicted molar refractivity (Wildman–Crippen MR) is 36.4 cm³/mol. The normalized spacial score (nSPS) is 10.6. The highest BCUT2D eigenvalue weighted by Crippen LogP contribution is 1.98. The fourth-order valence-electron chi connectivity index (χ4n) is 0.721. The minimum absolute atomic E-state index is 0.203. The van der Waals surface area contributed by atoms with E-state index in [1.54, 1.807) is 36.4 Å². The molecule has 0 saturated heterocycles. The summed E-state index contributed by atoms with van der Waals surface area (Å²) < 4.78 is 3.59. The van der Waals surface area contributed by atoms with Crippen LogP contribution < -0.4 is 5.26 Å². The molecule has 0 aromatic heterocycles. The van der Waals surface area contributed by atoms with Gasteiger partial charge in [-0.15, -0.1) is 0 Å². The first-order chi connectivity index (χ1) is 5.38. The average Bonchev–Trinajstić information content (AvgIpc) is 2.09. The minimum Gasteiger partial charge on any atom is -0.461 e. The van der Waals surface area contributed by atoms with Crippen LogP contribution in [0.25, 0.3) is 0 Å². The van der Waals surface area contributed by atoms with Crippen LogP contribution in [-0.2, 0) is 0 Å². The maximum atomic E-state index is 9.90. The van der Waals surface area contributed by atoms with E-state index in [2.05, 4.69) is 4.58 Å². The molecule has 0 atom stereocenters. The van der Waals surface area contributed by atoms with E-state index in [0.29, 0.717) is 5.56 Å². The van der Waals surface area contributed by atoms with Gasteiger partial charge in [0.15, 0.2) is 0 Å². The van der Waals surface area contributed by atoms with Gasteiger partial charge < -0.3 is 5.26 Å². The van der Waals surface area contributed by atoms with Gasteiger partial charge in [0, 0.05) is 0 Å². The van der Waals surface area contributed by atoms with Gasteiger partial charge in [0.2, 0.25) is 6.07 Å². The number of hydrogen-bond acceptors (Lipinski definition) is 2. The molecule has 0 aliphatic carbocycles. The lowest BCUT2D eigenvalue weighted by Gasteiger charge is -1.85. The van der Waals surface area contributed by atoms with E-state index in [1.807, 2.05) is 0 Å². The summed E-state index contributed by atoms with van der Waals surface area (Å²) in [6.07, 6.45) is 0. The topological polar surface area (TPSA) is 58.2 Å². The summed E-state index contributed by atoms with van der Waals surface area (Å²) in [5, 5.41) is 18.3. The fraction of sp³-hybridized carbons (Fsp3) is 0. The molecule has 0 heterocycles. The van der Waals surface area contributed by atoms with Gasteiger partial charge in [-0.05, 0) is 12.1 Å². The van der Waals surface area contributed by atoms with E-state index in [-0.39, 0.29) is 5.78 Å². The first kappa shape index (κ1) is 7.29. The van der Waals surface area contributed by atoms with Gasteiger partial charge in [0.1, 0.15) is 0 Å². The summed E-state index contributed by atoms with van der Waals surface area (Å²) in [5.74, 6) is -0.203. The van der Waals surface area contributed by atoms with E-state index in [9.17, 15) is 5.26 Å². The lowest BCUT2D eigenvalue weighted by atomic mass is 10.1. The van der Waals surface area contributed by atoms with Crippen LogP contribution in [0.4, 0.5) is 0 Å². The summed E-state index contributed by atoms with van der Waals surface area (Å²) >= 11 is 0. The molecule has 54 valence electrons. The molecule has 0 radical (unpaired) electrons. The van der Waals surface area contributed by atoms with Crippen LogP contribution in [0.3, 0.4) is 0 Å². The van der Waals surface area contributed by atoms with Crippen molar-refractivity contribution in [1.29, 1.82) is 5.26 Å². The van der Waals surface area contributed by atoms with Crippen LogP contribution in [0.15, 0.2) is 30.3 Å². The highest BCUT2D eigenvalue weighted by Gasteiger charge is 2.11. The second-order valence-corrected chi connectivity index (χ2v) is 1.89. The number of hydrogen-bond donors (Lipinski definition) is 0. The van der Waals surface area contributed by atoms with Crippen molar-refractivity contribution in [3.05, 3.63) is 35.9 Å². The van der Waals surface area contributed by atoms with E-state index in [4.69, 9.17) is 5.26 Å². The molecule has 0 N–H and O–H groups in total. The smallest absolute Gasteiger partial charge is 0.459 e. The van der Waals surface area contributed by atoms with Crippen molar-refractivity contribution in [1.82, 2.24) is 0 Å². The number of carbonyl (C=O) groups excluding carboxylic acids is 1. The Morgan fingerprint density at radius 3 is 2.45 bits per heavy atom. The van der Waals surface area contributed by atoms with Crippen molar-refractivity contribution in [3.63, 3.8) is 0 Å². The largest absolute Gasteiger partial charge is 0.461 e. The molecule has 11 heavy (non-hydrogen) atoms. The number of nitriles is 1. The van der Waals surface area contributed by atoms with Crippen molar-refractivity contribution < 1.29 is 9.83 Å². The maximum absolute atomic E-state index is 9.90. The molecule has 3 nitrogen and oxygen atoms in total. The van der Waals surface area contributed by atoms with Crippen LogP contribution in [0.1, 0.15) is 10.1 Å². The Morgan fingerprint density at radius 2 is 2.00 bits per heavy atom. The molecule has 0 aliphatic heterocycles. The highest BCUT2D eigenvalue weighted by atomic mass is 17.1. The zero-order chi connectivity index (χ0) is 8.10. The Kier molecular flexibility index (Phi) is 2.24. The van der Waals surface area contributed by atoms with Gasteiger partial charge in [-0.25, -0.2) is 0 Å². The first-order valence-electron chi connectivity index (χ1n) is 3.01. The van der Waals surface area contributed by atoms with Gasteiger partial charge in [-0.1, -0.05) is 18.2 Å². The summed E-state index contributed by atoms with van der Waals surface area (Å²) in [7, 11) is 0. The van der Waals surface area contributed by atoms with Gasteiger partial charge in [-0.3, -0.25) is 0 Å². The molecule has 0 aliphatic rings. The molecular formula is C8H5NO2.